The quantitative estimate of drug-likeness (QED) is 0.400. The van der Waals surface area contributed by atoms with Gasteiger partial charge in [0.25, 0.3) is 0 Å². The molecule has 1 aromatic carbocycles. The maximum atomic E-state index is 12.0. The number of imidazole rings is 1. The summed E-state index contributed by atoms with van der Waals surface area (Å²) in [5, 5.41) is 2.84. The van der Waals surface area contributed by atoms with E-state index in [0.29, 0.717) is 25.3 Å². The lowest BCUT2D eigenvalue weighted by atomic mass is 10.1. The Morgan fingerprint density at radius 3 is 2.62 bits per heavy atom. The topological polar surface area (TPSA) is 122 Å². The standard InChI is InChI=1S/C16H22N6O.3ClH/c1-11(17)20-7-12-3-2-4-13(5-12)8-21-16(23)15(18)6-14-9-19-10-22-14;;;/h2-5,9-10,15H,6-8,18H2,1H3,(H2,17,20)(H,19,22)(H,21,23);3*1H/t15-;;;/m0.../s1. The third kappa shape index (κ3) is 9.05. The summed E-state index contributed by atoms with van der Waals surface area (Å²) in [6, 6.07) is 7.24. The molecule has 2 rings (SSSR count). The van der Waals surface area contributed by atoms with Crippen molar-refractivity contribution in [2.75, 3.05) is 0 Å². The number of amidine groups is 1. The molecule has 0 aliphatic heterocycles. The average Bonchev–Trinajstić information content (AvgIpc) is 3.04. The maximum Gasteiger partial charge on any atom is 0.237 e. The Kier molecular flexibility index (Phi) is 13.6. The zero-order valence-electron chi connectivity index (χ0n) is 14.3. The lowest BCUT2D eigenvalue weighted by Crippen LogP contribution is -2.41. The van der Waals surface area contributed by atoms with Gasteiger partial charge in [-0.2, -0.15) is 0 Å². The van der Waals surface area contributed by atoms with Crippen molar-refractivity contribution in [3.05, 3.63) is 53.6 Å². The van der Waals surface area contributed by atoms with E-state index in [2.05, 4.69) is 20.3 Å². The maximum absolute atomic E-state index is 12.0. The first kappa shape index (κ1) is 26.4. The zero-order chi connectivity index (χ0) is 16.7. The van der Waals surface area contributed by atoms with E-state index in [9.17, 15) is 4.79 Å². The smallest absolute Gasteiger partial charge is 0.237 e. The molecule has 0 unspecified atom stereocenters. The van der Waals surface area contributed by atoms with Crippen LogP contribution in [-0.4, -0.2) is 27.8 Å². The normalized spacial score (nSPS) is 11.4. The second-order valence-electron chi connectivity index (χ2n) is 5.38. The van der Waals surface area contributed by atoms with Gasteiger partial charge in [0, 0.05) is 24.9 Å². The van der Waals surface area contributed by atoms with Crippen LogP contribution in [-0.2, 0) is 24.3 Å². The van der Waals surface area contributed by atoms with Crippen LogP contribution in [0.25, 0.3) is 0 Å². The van der Waals surface area contributed by atoms with Gasteiger partial charge >= 0.3 is 0 Å². The summed E-state index contributed by atoms with van der Waals surface area (Å²) >= 11 is 0. The molecule has 0 saturated carbocycles. The number of hydrogen-bond donors (Lipinski definition) is 4. The third-order valence-electron chi connectivity index (χ3n) is 3.30. The Balaban J connectivity index is 0. The van der Waals surface area contributed by atoms with Gasteiger partial charge in [-0.15, -0.1) is 37.2 Å². The number of aliphatic imine (C=N–C) groups is 1. The van der Waals surface area contributed by atoms with E-state index in [1.165, 1.54) is 0 Å². The Labute approximate surface area is 171 Å². The molecule has 10 heteroatoms. The predicted octanol–water partition coefficient (Wildman–Crippen LogP) is 1.74. The largest absolute Gasteiger partial charge is 0.388 e. The molecule has 0 aliphatic rings. The van der Waals surface area contributed by atoms with Gasteiger partial charge < -0.3 is 21.8 Å². The van der Waals surface area contributed by atoms with Gasteiger partial charge in [0.1, 0.15) is 0 Å². The first-order valence-electron chi connectivity index (χ1n) is 7.39. The van der Waals surface area contributed by atoms with E-state index in [-0.39, 0.29) is 43.1 Å². The first-order chi connectivity index (χ1) is 11.0. The molecule has 1 atom stereocenters. The number of nitrogens with two attached hydrogens (primary N) is 2. The van der Waals surface area contributed by atoms with Gasteiger partial charge in [-0.1, -0.05) is 24.3 Å². The highest BCUT2D eigenvalue weighted by atomic mass is 35.5. The van der Waals surface area contributed by atoms with Crippen LogP contribution in [0.4, 0.5) is 0 Å². The average molecular weight is 424 g/mol. The van der Waals surface area contributed by atoms with E-state index >= 15 is 0 Å². The number of benzene rings is 1. The molecule has 26 heavy (non-hydrogen) atoms. The molecule has 2 aromatic rings. The van der Waals surface area contributed by atoms with E-state index in [0.717, 1.165) is 16.8 Å². The van der Waals surface area contributed by atoms with Crippen molar-refractivity contribution in [2.45, 2.75) is 32.5 Å². The number of aromatic nitrogens is 2. The number of aromatic amines is 1. The molecular formula is C16H25Cl3N6O. The van der Waals surface area contributed by atoms with Gasteiger partial charge in [-0.3, -0.25) is 9.79 Å². The van der Waals surface area contributed by atoms with Crippen LogP contribution in [0, 0.1) is 0 Å². The fraction of sp³-hybridized carbons (Fsp3) is 0.312. The van der Waals surface area contributed by atoms with Gasteiger partial charge in [0.15, 0.2) is 0 Å². The van der Waals surface area contributed by atoms with Gasteiger partial charge in [-0.25, -0.2) is 4.98 Å². The summed E-state index contributed by atoms with van der Waals surface area (Å²) in [6.45, 7) is 2.71. The highest BCUT2D eigenvalue weighted by Gasteiger charge is 2.14. The summed E-state index contributed by atoms with van der Waals surface area (Å²) < 4.78 is 0. The summed E-state index contributed by atoms with van der Waals surface area (Å²) in [5.41, 5.74) is 14.3. The molecule has 0 radical (unpaired) electrons. The number of nitrogens with zero attached hydrogens (tertiary/aromatic N) is 2. The molecule has 0 saturated heterocycles. The lowest BCUT2D eigenvalue weighted by molar-refractivity contribution is -0.122. The van der Waals surface area contributed by atoms with Crippen molar-refractivity contribution >= 4 is 49.0 Å². The number of nitrogens with one attached hydrogen (secondary N) is 2. The monoisotopic (exact) mass is 422 g/mol. The number of amides is 1. The Bertz CT molecular complexity index is 674. The number of halogens is 3. The van der Waals surface area contributed by atoms with Crippen LogP contribution in [0.5, 0.6) is 0 Å². The number of rotatable bonds is 7. The molecule has 146 valence electrons. The van der Waals surface area contributed by atoms with Gasteiger partial charge in [0.05, 0.1) is 24.7 Å². The number of carbonyl (C=O) groups is 1. The zero-order valence-corrected chi connectivity index (χ0v) is 16.8. The molecule has 1 heterocycles. The predicted molar refractivity (Wildman–Crippen MR) is 111 cm³/mol. The minimum atomic E-state index is -0.608. The van der Waals surface area contributed by atoms with Gasteiger partial charge in [-0.05, 0) is 18.1 Å². The van der Waals surface area contributed by atoms with Crippen molar-refractivity contribution in [1.29, 1.82) is 0 Å². The van der Waals surface area contributed by atoms with Crippen molar-refractivity contribution in [3.63, 3.8) is 0 Å². The number of carbonyl (C=O) groups excluding carboxylic acids is 1. The second-order valence-corrected chi connectivity index (χ2v) is 5.38. The van der Waals surface area contributed by atoms with Crippen molar-refractivity contribution in [2.24, 2.45) is 16.5 Å². The summed E-state index contributed by atoms with van der Waals surface area (Å²) in [6.07, 6.45) is 3.66. The first-order valence-corrected chi connectivity index (χ1v) is 7.39. The summed E-state index contributed by atoms with van der Waals surface area (Å²) in [5.74, 6) is 0.356. The minimum Gasteiger partial charge on any atom is -0.388 e. The summed E-state index contributed by atoms with van der Waals surface area (Å²) in [4.78, 5) is 23.1. The molecule has 1 aromatic heterocycles. The van der Waals surface area contributed by atoms with Gasteiger partial charge in [0.2, 0.25) is 5.91 Å². The van der Waals surface area contributed by atoms with Crippen molar-refractivity contribution in [3.8, 4) is 0 Å². The van der Waals surface area contributed by atoms with Crippen molar-refractivity contribution in [1.82, 2.24) is 15.3 Å². The number of H-pyrrole nitrogens is 1. The van der Waals surface area contributed by atoms with Crippen molar-refractivity contribution < 1.29 is 4.79 Å². The van der Waals surface area contributed by atoms with Crippen LogP contribution < -0.4 is 16.8 Å². The highest BCUT2D eigenvalue weighted by molar-refractivity contribution is 5.86. The molecule has 0 spiro atoms. The van der Waals surface area contributed by atoms with Crippen LogP contribution in [0.2, 0.25) is 0 Å². The van der Waals surface area contributed by atoms with Crippen LogP contribution in [0.3, 0.4) is 0 Å². The lowest BCUT2D eigenvalue weighted by Gasteiger charge is -2.12. The molecule has 6 N–H and O–H groups in total. The third-order valence-corrected chi connectivity index (χ3v) is 3.30. The fourth-order valence-corrected chi connectivity index (χ4v) is 2.10. The van der Waals surface area contributed by atoms with E-state index in [1.54, 1.807) is 19.4 Å². The van der Waals surface area contributed by atoms with Crippen LogP contribution in [0.15, 0.2) is 41.8 Å². The number of hydrogen-bond acceptors (Lipinski definition) is 4. The fourth-order valence-electron chi connectivity index (χ4n) is 2.10. The highest BCUT2D eigenvalue weighted by Crippen LogP contribution is 2.07. The van der Waals surface area contributed by atoms with E-state index in [4.69, 9.17) is 11.5 Å². The Hall–Kier alpha value is -1.80. The second kappa shape index (κ2) is 13.4. The van der Waals surface area contributed by atoms with E-state index < -0.39 is 6.04 Å². The van der Waals surface area contributed by atoms with E-state index in [1.807, 2.05) is 24.3 Å². The summed E-state index contributed by atoms with van der Waals surface area (Å²) in [7, 11) is 0. The molecule has 0 fully saturated rings. The molecule has 7 nitrogen and oxygen atoms in total. The SMILES string of the molecule is CC(N)=NCc1cccc(CNC(=O)[C@@H](N)Cc2cnc[nH]2)c1.Cl.Cl.Cl. The van der Waals surface area contributed by atoms with Crippen LogP contribution >= 0.6 is 37.2 Å². The Morgan fingerprint density at radius 1 is 1.31 bits per heavy atom. The molecule has 0 aliphatic carbocycles. The minimum absolute atomic E-state index is 0. The molecular weight excluding hydrogens is 399 g/mol. The molecule has 0 bridgehead atoms. The molecule has 1 amide bonds. The Morgan fingerprint density at radius 2 is 2.00 bits per heavy atom. The van der Waals surface area contributed by atoms with Crippen LogP contribution in [0.1, 0.15) is 23.7 Å².